The second kappa shape index (κ2) is 6.01. The molecule has 18 heavy (non-hydrogen) atoms. The van der Waals surface area contributed by atoms with Crippen molar-refractivity contribution in [2.45, 2.75) is 50.6 Å². The Morgan fingerprint density at radius 2 is 1.72 bits per heavy atom. The van der Waals surface area contributed by atoms with E-state index < -0.39 is 11.5 Å². The van der Waals surface area contributed by atoms with E-state index in [-0.39, 0.29) is 0 Å². The molecule has 0 amide bonds. The van der Waals surface area contributed by atoms with Crippen LogP contribution in [0.5, 0.6) is 0 Å². The number of hydrogen-bond acceptors (Lipinski definition) is 2. The van der Waals surface area contributed by atoms with Crippen LogP contribution >= 0.6 is 0 Å². The molecule has 1 aliphatic rings. The van der Waals surface area contributed by atoms with Crippen molar-refractivity contribution in [3.63, 3.8) is 0 Å². The predicted octanol–water partition coefficient (Wildman–Crippen LogP) is 2.95. The third kappa shape index (κ3) is 3.10. The Hall–Kier alpha value is -1.35. The summed E-state index contributed by atoms with van der Waals surface area (Å²) >= 11 is 0. The fourth-order valence-electron chi connectivity index (χ4n) is 2.67. The Morgan fingerprint density at radius 1 is 1.11 bits per heavy atom. The molecular weight excluding hydrogens is 226 g/mol. The van der Waals surface area contributed by atoms with Crippen molar-refractivity contribution in [1.29, 1.82) is 0 Å². The van der Waals surface area contributed by atoms with Crippen LogP contribution in [0.25, 0.3) is 0 Å². The average molecular weight is 247 g/mol. The van der Waals surface area contributed by atoms with Gasteiger partial charge in [0.1, 0.15) is 5.54 Å². The van der Waals surface area contributed by atoms with Gasteiger partial charge in [0.25, 0.3) is 0 Å². The molecule has 1 saturated carbocycles. The first kappa shape index (κ1) is 13.1. The maximum Gasteiger partial charge on any atom is 0.323 e. The second-order valence-corrected chi connectivity index (χ2v) is 5.14. The molecule has 3 heteroatoms. The lowest BCUT2D eigenvalue weighted by atomic mass is 9.90. The zero-order valence-electron chi connectivity index (χ0n) is 10.7. The standard InChI is InChI=1S/C15H21NO2/c17-14(18)15(10-6-1-2-7-11-15)16-12-13-8-4-3-5-9-13/h3-5,8-9,16H,1-2,6-7,10-12H2,(H,17,18). The SMILES string of the molecule is O=C(O)C1(NCc2ccccc2)CCCCCC1. The van der Waals surface area contributed by atoms with Gasteiger partial charge in [-0.25, -0.2) is 0 Å². The largest absolute Gasteiger partial charge is 0.480 e. The van der Waals surface area contributed by atoms with Gasteiger partial charge in [-0.15, -0.1) is 0 Å². The molecule has 0 aromatic heterocycles. The van der Waals surface area contributed by atoms with Crippen LogP contribution in [0.15, 0.2) is 30.3 Å². The topological polar surface area (TPSA) is 49.3 Å². The molecule has 1 aliphatic carbocycles. The van der Waals surface area contributed by atoms with E-state index in [0.29, 0.717) is 6.54 Å². The molecule has 2 N–H and O–H groups in total. The van der Waals surface area contributed by atoms with E-state index in [4.69, 9.17) is 0 Å². The minimum atomic E-state index is -0.716. The molecule has 0 bridgehead atoms. The summed E-state index contributed by atoms with van der Waals surface area (Å²) < 4.78 is 0. The lowest BCUT2D eigenvalue weighted by molar-refractivity contribution is -0.145. The van der Waals surface area contributed by atoms with E-state index in [1.54, 1.807) is 0 Å². The van der Waals surface area contributed by atoms with Crippen LogP contribution in [0.2, 0.25) is 0 Å². The molecule has 98 valence electrons. The van der Waals surface area contributed by atoms with Gasteiger partial charge < -0.3 is 5.11 Å². The minimum Gasteiger partial charge on any atom is -0.480 e. The van der Waals surface area contributed by atoms with E-state index in [0.717, 1.165) is 44.1 Å². The summed E-state index contributed by atoms with van der Waals surface area (Å²) in [7, 11) is 0. The molecule has 1 fully saturated rings. The third-order valence-electron chi connectivity index (χ3n) is 3.84. The van der Waals surface area contributed by atoms with E-state index in [2.05, 4.69) is 5.32 Å². The Morgan fingerprint density at radius 3 is 2.28 bits per heavy atom. The van der Waals surface area contributed by atoms with Crippen LogP contribution in [0.4, 0.5) is 0 Å². The fourth-order valence-corrected chi connectivity index (χ4v) is 2.67. The highest BCUT2D eigenvalue weighted by Crippen LogP contribution is 2.27. The van der Waals surface area contributed by atoms with Crippen molar-refractivity contribution in [3.8, 4) is 0 Å². The summed E-state index contributed by atoms with van der Waals surface area (Å²) in [6.45, 7) is 0.632. The highest BCUT2D eigenvalue weighted by atomic mass is 16.4. The van der Waals surface area contributed by atoms with Gasteiger partial charge in [0.05, 0.1) is 0 Å². The molecule has 2 rings (SSSR count). The zero-order valence-corrected chi connectivity index (χ0v) is 10.7. The van der Waals surface area contributed by atoms with Crippen LogP contribution in [0, 0.1) is 0 Å². The van der Waals surface area contributed by atoms with Gasteiger partial charge in [-0.3, -0.25) is 10.1 Å². The minimum absolute atomic E-state index is 0.632. The summed E-state index contributed by atoms with van der Waals surface area (Å²) in [6.07, 6.45) is 5.82. The van der Waals surface area contributed by atoms with Gasteiger partial charge in [-0.2, -0.15) is 0 Å². The number of rotatable bonds is 4. The number of hydrogen-bond donors (Lipinski definition) is 2. The first-order valence-electron chi connectivity index (χ1n) is 6.75. The maximum absolute atomic E-state index is 11.6. The second-order valence-electron chi connectivity index (χ2n) is 5.14. The molecule has 1 aromatic rings. The van der Waals surface area contributed by atoms with E-state index in [1.165, 1.54) is 0 Å². The number of nitrogens with one attached hydrogen (secondary N) is 1. The molecule has 0 aliphatic heterocycles. The number of carboxylic acid groups (broad SMARTS) is 1. The van der Waals surface area contributed by atoms with Crippen LogP contribution in [-0.2, 0) is 11.3 Å². The first-order chi connectivity index (χ1) is 8.73. The molecule has 0 radical (unpaired) electrons. The van der Waals surface area contributed by atoms with E-state index >= 15 is 0 Å². The van der Waals surface area contributed by atoms with Gasteiger partial charge >= 0.3 is 5.97 Å². The number of benzene rings is 1. The lowest BCUT2D eigenvalue weighted by Gasteiger charge is -2.29. The normalized spacial score (nSPS) is 19.1. The summed E-state index contributed by atoms with van der Waals surface area (Å²) in [5.74, 6) is -0.694. The Labute approximate surface area is 108 Å². The van der Waals surface area contributed by atoms with Gasteiger partial charge in [0.2, 0.25) is 0 Å². The van der Waals surface area contributed by atoms with E-state index in [1.807, 2.05) is 30.3 Å². The highest BCUT2D eigenvalue weighted by Gasteiger charge is 2.37. The smallest absolute Gasteiger partial charge is 0.323 e. The summed E-state index contributed by atoms with van der Waals surface area (Å²) in [5, 5.41) is 12.8. The molecule has 0 spiro atoms. The van der Waals surface area contributed by atoms with Crippen LogP contribution in [0.1, 0.15) is 44.1 Å². The molecule has 3 nitrogen and oxygen atoms in total. The lowest BCUT2D eigenvalue weighted by Crippen LogP contribution is -2.51. The van der Waals surface area contributed by atoms with Crippen molar-refractivity contribution >= 4 is 5.97 Å². The van der Waals surface area contributed by atoms with Crippen molar-refractivity contribution in [1.82, 2.24) is 5.32 Å². The summed E-state index contributed by atoms with van der Waals surface area (Å²) in [5.41, 5.74) is 0.425. The van der Waals surface area contributed by atoms with Crippen molar-refractivity contribution in [2.24, 2.45) is 0 Å². The third-order valence-corrected chi connectivity index (χ3v) is 3.84. The van der Waals surface area contributed by atoms with E-state index in [9.17, 15) is 9.90 Å². The maximum atomic E-state index is 11.6. The Kier molecular flexibility index (Phi) is 4.37. The summed E-state index contributed by atoms with van der Waals surface area (Å²) in [6, 6.07) is 10.00. The van der Waals surface area contributed by atoms with Crippen LogP contribution in [0.3, 0.4) is 0 Å². The zero-order chi connectivity index (χ0) is 12.8. The van der Waals surface area contributed by atoms with Crippen molar-refractivity contribution < 1.29 is 9.90 Å². The van der Waals surface area contributed by atoms with Crippen LogP contribution in [-0.4, -0.2) is 16.6 Å². The van der Waals surface area contributed by atoms with Crippen molar-refractivity contribution in [3.05, 3.63) is 35.9 Å². The molecule has 1 aromatic carbocycles. The quantitative estimate of drug-likeness (QED) is 0.804. The van der Waals surface area contributed by atoms with Crippen molar-refractivity contribution in [2.75, 3.05) is 0 Å². The predicted molar refractivity (Wildman–Crippen MR) is 71.4 cm³/mol. The fraction of sp³-hybridized carbons (Fsp3) is 0.533. The number of aliphatic carboxylic acids is 1. The van der Waals surface area contributed by atoms with Gasteiger partial charge in [0.15, 0.2) is 0 Å². The average Bonchev–Trinajstić information content (AvgIpc) is 2.64. The number of carbonyl (C=O) groups is 1. The van der Waals surface area contributed by atoms with Crippen LogP contribution < -0.4 is 5.32 Å². The molecule has 0 atom stereocenters. The highest BCUT2D eigenvalue weighted by molar-refractivity contribution is 5.78. The van der Waals surface area contributed by atoms with Gasteiger partial charge in [-0.05, 0) is 18.4 Å². The molecule has 0 saturated heterocycles. The first-order valence-corrected chi connectivity index (χ1v) is 6.75. The van der Waals surface area contributed by atoms with Gasteiger partial charge in [-0.1, -0.05) is 56.0 Å². The summed E-state index contributed by atoms with van der Waals surface area (Å²) in [4.78, 5) is 11.6. The Balaban J connectivity index is 2.04. The molecule has 0 heterocycles. The molecular formula is C15H21NO2. The monoisotopic (exact) mass is 247 g/mol. The van der Waals surface area contributed by atoms with Gasteiger partial charge in [0, 0.05) is 6.54 Å². The Bertz CT molecular complexity index is 381. The number of carboxylic acids is 1. The molecule has 0 unspecified atom stereocenters.